The highest BCUT2D eigenvalue weighted by atomic mass is 32.2. The number of hydrogen-bond acceptors (Lipinski definition) is 7. The van der Waals surface area contributed by atoms with E-state index < -0.39 is 35.8 Å². The molecule has 0 N–H and O–H groups in total. The fraction of sp³-hybridized carbons (Fsp3) is 0.550. The molecule has 1 aromatic carbocycles. The maximum atomic E-state index is 13.4. The van der Waals surface area contributed by atoms with Gasteiger partial charge in [0.15, 0.2) is 14.9 Å². The minimum atomic E-state index is -3.58. The monoisotopic (exact) mass is 439 g/mol. The molecule has 2 saturated heterocycles. The lowest BCUT2D eigenvalue weighted by atomic mass is 9.92. The van der Waals surface area contributed by atoms with Crippen LogP contribution in [0, 0.1) is 6.92 Å². The summed E-state index contributed by atoms with van der Waals surface area (Å²) in [7, 11) is -7.08. The summed E-state index contributed by atoms with van der Waals surface area (Å²) in [5.41, 5.74) is 1.61. The minimum Gasteiger partial charge on any atom is -0.379 e. The highest BCUT2D eigenvalue weighted by Crippen LogP contribution is 2.39. The summed E-state index contributed by atoms with van der Waals surface area (Å²) < 4.78 is 61.7. The first-order chi connectivity index (χ1) is 13.6. The van der Waals surface area contributed by atoms with Crippen molar-refractivity contribution >= 4 is 24.7 Å². The van der Waals surface area contributed by atoms with Crippen LogP contribution in [0.2, 0.25) is 0 Å². The molecule has 1 aromatic rings. The average Bonchev–Trinajstić information content (AvgIpc) is 3.11. The van der Waals surface area contributed by atoms with Crippen LogP contribution in [-0.4, -0.2) is 64.3 Å². The van der Waals surface area contributed by atoms with Crippen molar-refractivity contribution in [2.24, 2.45) is 4.99 Å². The van der Waals surface area contributed by atoms with Gasteiger partial charge in [-0.25, -0.2) is 16.8 Å². The molecule has 2 unspecified atom stereocenters. The zero-order valence-corrected chi connectivity index (χ0v) is 18.1. The Labute approximate surface area is 171 Å². The van der Waals surface area contributed by atoms with Crippen molar-refractivity contribution in [2.45, 2.75) is 47.7 Å². The van der Waals surface area contributed by atoms with E-state index in [9.17, 15) is 16.8 Å². The van der Waals surface area contributed by atoms with Gasteiger partial charge in [0.05, 0.1) is 35.5 Å². The lowest BCUT2D eigenvalue weighted by molar-refractivity contribution is 0.0236. The maximum absolute atomic E-state index is 13.4. The van der Waals surface area contributed by atoms with E-state index in [1.165, 1.54) is 0 Å². The Bertz CT molecular complexity index is 1090. The second-order valence-electron chi connectivity index (χ2n) is 8.16. The summed E-state index contributed by atoms with van der Waals surface area (Å²) in [4.78, 5) is 4.51. The number of ether oxygens (including phenoxy) is 2. The zero-order valence-electron chi connectivity index (χ0n) is 16.5. The third-order valence-electron chi connectivity index (χ3n) is 5.99. The Morgan fingerprint density at radius 1 is 1.17 bits per heavy atom. The summed E-state index contributed by atoms with van der Waals surface area (Å²) in [5, 5.41) is -0.491. The van der Waals surface area contributed by atoms with Crippen LogP contribution in [0.5, 0.6) is 0 Å². The van der Waals surface area contributed by atoms with E-state index in [4.69, 9.17) is 9.47 Å². The first kappa shape index (κ1) is 20.7. The summed E-state index contributed by atoms with van der Waals surface area (Å²) in [6.45, 7) is 4.51. The van der Waals surface area contributed by atoms with Gasteiger partial charge in [-0.1, -0.05) is 12.1 Å². The van der Waals surface area contributed by atoms with E-state index in [1.807, 2.05) is 13.0 Å². The van der Waals surface area contributed by atoms with E-state index in [0.717, 1.165) is 5.56 Å². The van der Waals surface area contributed by atoms with E-state index in [1.54, 1.807) is 31.2 Å². The summed E-state index contributed by atoms with van der Waals surface area (Å²) in [6.07, 6.45) is 1.74. The summed E-state index contributed by atoms with van der Waals surface area (Å²) >= 11 is 0. The first-order valence-corrected chi connectivity index (χ1v) is 12.7. The van der Waals surface area contributed by atoms with Gasteiger partial charge in [-0.2, -0.15) is 0 Å². The zero-order chi connectivity index (χ0) is 20.9. The highest BCUT2D eigenvalue weighted by molar-refractivity contribution is 8.07. The quantitative estimate of drug-likeness (QED) is 0.710. The molecule has 0 saturated carbocycles. The van der Waals surface area contributed by atoms with Crippen molar-refractivity contribution in [3.05, 3.63) is 41.5 Å². The molecule has 7 nitrogen and oxygen atoms in total. The highest BCUT2D eigenvalue weighted by Gasteiger charge is 2.46. The predicted molar refractivity (Wildman–Crippen MR) is 110 cm³/mol. The van der Waals surface area contributed by atoms with Gasteiger partial charge in [-0.05, 0) is 56.0 Å². The molecule has 0 bridgehead atoms. The molecule has 2 atom stereocenters. The van der Waals surface area contributed by atoms with E-state index >= 15 is 0 Å². The molecule has 0 radical (unpaired) electrons. The van der Waals surface area contributed by atoms with Gasteiger partial charge in [-0.15, -0.1) is 0 Å². The van der Waals surface area contributed by atoms with Gasteiger partial charge in [0.25, 0.3) is 0 Å². The Morgan fingerprint density at radius 2 is 1.93 bits per heavy atom. The molecule has 3 aliphatic rings. The summed E-state index contributed by atoms with van der Waals surface area (Å²) in [6, 6.07) is 6.93. The third kappa shape index (κ3) is 3.58. The van der Waals surface area contributed by atoms with Gasteiger partial charge >= 0.3 is 0 Å². The van der Waals surface area contributed by atoms with Gasteiger partial charge < -0.3 is 9.47 Å². The summed E-state index contributed by atoms with van der Waals surface area (Å²) in [5.74, 6) is 0. The van der Waals surface area contributed by atoms with Gasteiger partial charge in [0.1, 0.15) is 5.25 Å². The number of rotatable bonds is 4. The standard InChI is InChI=1S/C20H25NO6S2/c1-14-4-3-5-16(8-14)29(24,25)20(2)6-7-27-18(10-20)15-9-19(21-11-15)28(22,23)17-12-26-13-17/h3-5,8-9,17-18H,6-7,10-13H2,1-2H3. The Kier molecular flexibility index (Phi) is 5.21. The second kappa shape index (κ2) is 7.30. The van der Waals surface area contributed by atoms with Crippen molar-refractivity contribution in [1.29, 1.82) is 0 Å². The Balaban J connectivity index is 1.57. The molecule has 0 spiro atoms. The molecule has 3 heterocycles. The molecule has 0 amide bonds. The van der Waals surface area contributed by atoms with Crippen LogP contribution >= 0.6 is 0 Å². The Morgan fingerprint density at radius 3 is 2.59 bits per heavy atom. The lowest BCUT2D eigenvalue weighted by Gasteiger charge is -2.38. The number of sulfone groups is 2. The molecule has 3 aliphatic heterocycles. The molecule has 9 heteroatoms. The third-order valence-corrected chi connectivity index (χ3v) is 10.5. The fourth-order valence-corrected chi connectivity index (χ4v) is 7.21. The van der Waals surface area contributed by atoms with E-state index in [-0.39, 0.29) is 31.2 Å². The van der Waals surface area contributed by atoms with Crippen molar-refractivity contribution in [2.75, 3.05) is 26.4 Å². The average molecular weight is 440 g/mol. The van der Waals surface area contributed by atoms with Crippen molar-refractivity contribution in [3.8, 4) is 0 Å². The number of hydrogen-bond donors (Lipinski definition) is 0. The molecule has 0 aliphatic carbocycles. The van der Waals surface area contributed by atoms with Gasteiger partial charge in [0.2, 0.25) is 9.84 Å². The molecular weight excluding hydrogens is 414 g/mol. The first-order valence-electron chi connectivity index (χ1n) is 9.63. The van der Waals surface area contributed by atoms with E-state index in [0.29, 0.717) is 23.5 Å². The van der Waals surface area contributed by atoms with Gasteiger partial charge in [0, 0.05) is 6.61 Å². The SMILES string of the molecule is Cc1cccc(S(=O)(=O)C2(C)CCOC(C3=CC(S(=O)(=O)C4COC4)=NC3)C2)c1. The number of nitrogens with zero attached hydrogens (tertiary/aromatic N) is 1. The smallest absolute Gasteiger partial charge is 0.202 e. The number of aliphatic imine (C=N–C) groups is 1. The molecule has 0 aromatic heterocycles. The normalized spacial score (nSPS) is 28.6. The van der Waals surface area contributed by atoms with Crippen molar-refractivity contribution in [1.82, 2.24) is 0 Å². The van der Waals surface area contributed by atoms with Crippen LogP contribution in [0.25, 0.3) is 0 Å². The van der Waals surface area contributed by atoms with Crippen LogP contribution in [0.3, 0.4) is 0 Å². The van der Waals surface area contributed by atoms with Crippen molar-refractivity contribution < 1.29 is 26.3 Å². The van der Waals surface area contributed by atoms with E-state index in [2.05, 4.69) is 4.99 Å². The lowest BCUT2D eigenvalue weighted by Crippen LogP contribution is -2.45. The van der Waals surface area contributed by atoms with Crippen molar-refractivity contribution in [3.63, 3.8) is 0 Å². The fourth-order valence-electron chi connectivity index (χ4n) is 3.87. The molecular formula is C20H25NO6S2. The largest absolute Gasteiger partial charge is 0.379 e. The van der Waals surface area contributed by atoms with Crippen LogP contribution in [0.4, 0.5) is 0 Å². The predicted octanol–water partition coefficient (Wildman–Crippen LogP) is 1.86. The molecule has 29 heavy (non-hydrogen) atoms. The van der Waals surface area contributed by atoms with Crippen LogP contribution in [-0.2, 0) is 29.1 Å². The molecule has 158 valence electrons. The topological polar surface area (TPSA) is 99.1 Å². The van der Waals surface area contributed by atoms with Crippen LogP contribution in [0.1, 0.15) is 25.3 Å². The number of aryl methyl sites for hydroxylation is 1. The molecule has 2 fully saturated rings. The van der Waals surface area contributed by atoms with Gasteiger partial charge in [-0.3, -0.25) is 4.99 Å². The molecule has 4 rings (SSSR count). The number of benzene rings is 1. The Hall–Kier alpha value is -1.55. The second-order valence-corrected chi connectivity index (χ2v) is 12.8. The van der Waals surface area contributed by atoms with Crippen LogP contribution in [0.15, 0.2) is 45.8 Å². The van der Waals surface area contributed by atoms with Crippen LogP contribution < -0.4 is 0 Å². The maximum Gasteiger partial charge on any atom is 0.202 e. The minimum absolute atomic E-state index is 0.0539.